The highest BCUT2D eigenvalue weighted by molar-refractivity contribution is 7.99. The van der Waals surface area contributed by atoms with Crippen LogP contribution >= 0.6 is 11.8 Å². The number of hydrogen-bond acceptors (Lipinski definition) is 5. The lowest BCUT2D eigenvalue weighted by Gasteiger charge is -2.10. The lowest BCUT2D eigenvalue weighted by Crippen LogP contribution is -2.04. The van der Waals surface area contributed by atoms with Crippen molar-refractivity contribution in [1.82, 2.24) is 4.98 Å². The van der Waals surface area contributed by atoms with Gasteiger partial charge >= 0.3 is 0 Å². The van der Waals surface area contributed by atoms with E-state index in [4.69, 9.17) is 15.7 Å². The lowest BCUT2D eigenvalue weighted by atomic mass is 10.2. The highest BCUT2D eigenvalue weighted by Gasteiger charge is 2.09. The van der Waals surface area contributed by atoms with E-state index >= 15 is 0 Å². The summed E-state index contributed by atoms with van der Waals surface area (Å²) in [6.45, 7) is 1.70. The second-order valence-electron chi connectivity index (χ2n) is 5.40. The Kier molecular flexibility index (Phi) is 5.52. The van der Waals surface area contributed by atoms with Crippen molar-refractivity contribution in [2.75, 3.05) is 0 Å². The zero-order valence-corrected chi connectivity index (χ0v) is 14.9. The number of nitrogens with two attached hydrogens (primary N) is 1. The van der Waals surface area contributed by atoms with Crippen LogP contribution < -0.4 is 10.5 Å². The van der Waals surface area contributed by atoms with Crippen molar-refractivity contribution in [3.63, 3.8) is 0 Å². The van der Waals surface area contributed by atoms with Crippen molar-refractivity contribution >= 4 is 23.4 Å². The Balaban J connectivity index is 1.90. The van der Waals surface area contributed by atoms with E-state index in [2.05, 4.69) is 16.0 Å². The lowest BCUT2D eigenvalue weighted by molar-refractivity contribution is 0.480. The van der Waals surface area contributed by atoms with E-state index in [0.29, 0.717) is 28.7 Å². The highest BCUT2D eigenvalue weighted by atomic mass is 32.2. The summed E-state index contributed by atoms with van der Waals surface area (Å²) in [4.78, 5) is 10.5. The quantitative estimate of drug-likeness (QED) is 0.516. The predicted octanol–water partition coefficient (Wildman–Crippen LogP) is 4.91. The van der Waals surface area contributed by atoms with Crippen LogP contribution in [-0.4, -0.2) is 10.8 Å². The molecule has 0 fully saturated rings. The molecule has 26 heavy (non-hydrogen) atoms. The monoisotopic (exact) mass is 360 g/mol. The van der Waals surface area contributed by atoms with E-state index < -0.39 is 0 Å². The smallest absolute Gasteiger partial charge is 0.197 e. The first-order chi connectivity index (χ1) is 12.6. The average molecular weight is 360 g/mol. The van der Waals surface area contributed by atoms with Gasteiger partial charge in [0.15, 0.2) is 11.6 Å². The van der Waals surface area contributed by atoms with Gasteiger partial charge in [-0.05, 0) is 43.3 Å². The normalized spacial score (nSPS) is 11.0. The van der Waals surface area contributed by atoms with Crippen molar-refractivity contribution in [3.05, 3.63) is 72.4 Å². The minimum atomic E-state index is 0.405. The molecule has 0 aliphatic heterocycles. The number of nitrogens with zero attached hydrogens (tertiary/aromatic N) is 3. The van der Waals surface area contributed by atoms with E-state index in [0.717, 1.165) is 9.79 Å². The van der Waals surface area contributed by atoms with Crippen molar-refractivity contribution in [1.29, 1.82) is 5.26 Å². The molecule has 0 unspecified atom stereocenters. The first-order valence-corrected chi connectivity index (χ1v) is 8.67. The fourth-order valence-electron chi connectivity index (χ4n) is 2.15. The Morgan fingerprint density at radius 3 is 2.50 bits per heavy atom. The van der Waals surface area contributed by atoms with Gasteiger partial charge in [-0.3, -0.25) is 0 Å². The molecule has 1 heterocycles. The predicted molar refractivity (Wildman–Crippen MR) is 103 cm³/mol. The molecule has 3 aromatic rings. The van der Waals surface area contributed by atoms with Gasteiger partial charge in [0.1, 0.15) is 5.75 Å². The molecular formula is C20H16N4OS. The standard InChI is InChI=1S/C20H16N4OS/c1-14(22)24-20-19(25-16-5-3-2-4-6-16)11-18(13-23-20)26-17-9-7-15(12-21)8-10-17/h2-11,13H,1H3,(H2,22,23,24). The third kappa shape index (κ3) is 4.62. The summed E-state index contributed by atoms with van der Waals surface area (Å²) in [5.74, 6) is 2.06. The molecule has 0 aliphatic carbocycles. The summed E-state index contributed by atoms with van der Waals surface area (Å²) in [6, 6.07) is 20.8. The van der Waals surface area contributed by atoms with Crippen LogP contribution in [0.4, 0.5) is 5.82 Å². The molecule has 0 saturated carbocycles. The van der Waals surface area contributed by atoms with Crippen molar-refractivity contribution in [3.8, 4) is 17.6 Å². The SMILES string of the molecule is C/C(N)=N\c1ncc(Sc2ccc(C#N)cc2)cc1Oc1ccccc1. The minimum Gasteiger partial charge on any atom is -0.453 e. The first-order valence-electron chi connectivity index (χ1n) is 7.86. The van der Waals surface area contributed by atoms with Crippen LogP contribution in [0, 0.1) is 11.3 Å². The number of para-hydroxylation sites is 1. The van der Waals surface area contributed by atoms with Crippen LogP contribution in [0.1, 0.15) is 12.5 Å². The molecule has 0 bridgehead atoms. The fourth-order valence-corrected chi connectivity index (χ4v) is 2.97. The van der Waals surface area contributed by atoms with Gasteiger partial charge in [0.05, 0.1) is 17.5 Å². The van der Waals surface area contributed by atoms with Crippen molar-refractivity contribution in [2.24, 2.45) is 10.7 Å². The number of hydrogen-bond donors (Lipinski definition) is 1. The van der Waals surface area contributed by atoms with E-state index in [-0.39, 0.29) is 0 Å². The molecule has 2 N–H and O–H groups in total. The van der Waals surface area contributed by atoms with Gasteiger partial charge in [0.2, 0.25) is 0 Å². The minimum absolute atomic E-state index is 0.405. The van der Waals surface area contributed by atoms with E-state index in [9.17, 15) is 0 Å². The number of nitriles is 1. The highest BCUT2D eigenvalue weighted by Crippen LogP contribution is 2.36. The Bertz CT molecular complexity index is 959. The van der Waals surface area contributed by atoms with E-state index in [1.807, 2.05) is 48.5 Å². The first kappa shape index (κ1) is 17.5. The summed E-state index contributed by atoms with van der Waals surface area (Å²) in [5, 5.41) is 8.89. The van der Waals surface area contributed by atoms with Gasteiger partial charge in [0, 0.05) is 22.1 Å². The van der Waals surface area contributed by atoms with Gasteiger partial charge < -0.3 is 10.5 Å². The van der Waals surface area contributed by atoms with Gasteiger partial charge in [-0.25, -0.2) is 9.98 Å². The number of amidine groups is 1. The maximum atomic E-state index is 8.89. The van der Waals surface area contributed by atoms with Crippen molar-refractivity contribution < 1.29 is 4.74 Å². The van der Waals surface area contributed by atoms with Gasteiger partial charge in [-0.15, -0.1) is 0 Å². The van der Waals surface area contributed by atoms with Crippen LogP contribution in [0.25, 0.3) is 0 Å². The molecule has 1 aromatic heterocycles. The Morgan fingerprint density at radius 1 is 1.12 bits per heavy atom. The Labute approximate surface area is 156 Å². The summed E-state index contributed by atoms with van der Waals surface area (Å²) in [5.41, 5.74) is 6.33. The number of ether oxygens (including phenoxy) is 1. The number of benzene rings is 2. The zero-order chi connectivity index (χ0) is 18.4. The molecule has 0 spiro atoms. The second kappa shape index (κ2) is 8.19. The van der Waals surface area contributed by atoms with Gasteiger partial charge in [0.25, 0.3) is 0 Å². The number of rotatable bonds is 5. The Morgan fingerprint density at radius 2 is 1.85 bits per heavy atom. The largest absolute Gasteiger partial charge is 0.453 e. The summed E-state index contributed by atoms with van der Waals surface area (Å²) >= 11 is 1.53. The third-order valence-corrected chi connectivity index (χ3v) is 4.25. The molecule has 3 rings (SSSR count). The number of pyridine rings is 1. The maximum Gasteiger partial charge on any atom is 0.197 e. The van der Waals surface area contributed by atoms with Crippen LogP contribution in [0.5, 0.6) is 11.5 Å². The molecule has 6 heteroatoms. The molecule has 0 saturated heterocycles. The molecule has 0 radical (unpaired) electrons. The topological polar surface area (TPSA) is 84.3 Å². The molecule has 5 nitrogen and oxygen atoms in total. The molecule has 128 valence electrons. The number of aromatic nitrogens is 1. The van der Waals surface area contributed by atoms with Crippen LogP contribution in [0.2, 0.25) is 0 Å². The molecular weight excluding hydrogens is 344 g/mol. The molecule has 0 amide bonds. The fraction of sp³-hybridized carbons (Fsp3) is 0.0500. The summed E-state index contributed by atoms with van der Waals surface area (Å²) in [6.07, 6.45) is 1.72. The van der Waals surface area contributed by atoms with Crippen molar-refractivity contribution in [2.45, 2.75) is 16.7 Å². The van der Waals surface area contributed by atoms with Crippen LogP contribution in [0.15, 0.2) is 81.6 Å². The van der Waals surface area contributed by atoms with E-state index in [1.165, 1.54) is 11.8 Å². The average Bonchev–Trinajstić information content (AvgIpc) is 2.65. The third-order valence-electron chi connectivity index (χ3n) is 3.28. The molecule has 2 aromatic carbocycles. The maximum absolute atomic E-state index is 8.89. The molecule has 0 atom stereocenters. The number of aliphatic imine (C=N–C) groups is 1. The summed E-state index contributed by atoms with van der Waals surface area (Å²) in [7, 11) is 0. The van der Waals surface area contributed by atoms with Crippen LogP contribution in [-0.2, 0) is 0 Å². The second-order valence-corrected chi connectivity index (χ2v) is 6.55. The Hall–Kier alpha value is -3.30. The summed E-state index contributed by atoms with van der Waals surface area (Å²) < 4.78 is 5.94. The van der Waals surface area contributed by atoms with Gasteiger partial charge in [-0.1, -0.05) is 30.0 Å². The van der Waals surface area contributed by atoms with E-state index in [1.54, 1.807) is 25.3 Å². The van der Waals surface area contributed by atoms with Crippen LogP contribution in [0.3, 0.4) is 0 Å². The zero-order valence-electron chi connectivity index (χ0n) is 14.1. The van der Waals surface area contributed by atoms with Gasteiger partial charge in [-0.2, -0.15) is 5.26 Å². The molecule has 0 aliphatic rings.